The number of ether oxygens (including phenoxy) is 1. The fourth-order valence-corrected chi connectivity index (χ4v) is 1.30. The van der Waals surface area contributed by atoms with Crippen molar-refractivity contribution in [3.05, 3.63) is 0 Å². The van der Waals surface area contributed by atoms with Crippen LogP contribution in [0.25, 0.3) is 0 Å². The van der Waals surface area contributed by atoms with Crippen LogP contribution in [0.3, 0.4) is 0 Å². The van der Waals surface area contributed by atoms with Crippen molar-refractivity contribution in [3.8, 4) is 0 Å². The molecule has 1 rings (SSSR count). The highest BCUT2D eigenvalue weighted by molar-refractivity contribution is 4.89. The molecule has 0 bridgehead atoms. The van der Waals surface area contributed by atoms with Crippen LogP contribution in [0.15, 0.2) is 0 Å². The second kappa shape index (κ2) is 4.32. The van der Waals surface area contributed by atoms with Crippen molar-refractivity contribution < 1.29 is 25.2 Å². The Morgan fingerprint density at radius 3 is 2.23 bits per heavy atom. The predicted octanol–water partition coefficient (Wildman–Crippen LogP) is -2.99. The van der Waals surface area contributed by atoms with E-state index < -0.39 is 30.7 Å². The largest absolute Gasteiger partial charge is 0.388 e. The molecular formula is C7H15NO5. The summed E-state index contributed by atoms with van der Waals surface area (Å²) in [5, 5.41) is 39.5. The van der Waals surface area contributed by atoms with Crippen molar-refractivity contribution in [1.29, 1.82) is 0 Å². The van der Waals surface area contributed by atoms with Gasteiger partial charge in [-0.2, -0.15) is 0 Å². The Morgan fingerprint density at radius 1 is 1.08 bits per heavy atom. The molecule has 1 saturated heterocycles. The summed E-state index contributed by atoms with van der Waals surface area (Å²) in [6, 6.07) is 0. The molecule has 1 heterocycles. The Balaban J connectivity index is 2.59. The van der Waals surface area contributed by atoms with Crippen LogP contribution in [0.5, 0.6) is 0 Å². The third-order valence-corrected chi connectivity index (χ3v) is 2.09. The SMILES string of the molecule is CNCC1OC(O)C(O)[C@H](O)[C@H]1O. The predicted molar refractivity (Wildman–Crippen MR) is 42.8 cm³/mol. The summed E-state index contributed by atoms with van der Waals surface area (Å²) >= 11 is 0. The van der Waals surface area contributed by atoms with Crippen LogP contribution in [0.2, 0.25) is 0 Å². The van der Waals surface area contributed by atoms with Gasteiger partial charge in [-0.15, -0.1) is 0 Å². The van der Waals surface area contributed by atoms with Crippen molar-refractivity contribution in [2.45, 2.75) is 30.7 Å². The smallest absolute Gasteiger partial charge is 0.184 e. The molecule has 0 radical (unpaired) electrons. The minimum absolute atomic E-state index is 0.294. The van der Waals surface area contributed by atoms with Crippen LogP contribution in [0, 0.1) is 0 Å². The van der Waals surface area contributed by atoms with E-state index >= 15 is 0 Å². The lowest BCUT2D eigenvalue weighted by Crippen LogP contribution is -2.59. The van der Waals surface area contributed by atoms with Gasteiger partial charge in [-0.05, 0) is 7.05 Å². The first kappa shape index (κ1) is 10.8. The van der Waals surface area contributed by atoms with Gasteiger partial charge >= 0.3 is 0 Å². The average molecular weight is 193 g/mol. The van der Waals surface area contributed by atoms with Gasteiger partial charge in [-0.25, -0.2) is 0 Å². The van der Waals surface area contributed by atoms with E-state index in [9.17, 15) is 10.2 Å². The van der Waals surface area contributed by atoms with Crippen molar-refractivity contribution in [3.63, 3.8) is 0 Å². The molecule has 3 unspecified atom stereocenters. The van der Waals surface area contributed by atoms with E-state index in [1.54, 1.807) is 7.05 Å². The highest BCUT2D eigenvalue weighted by Crippen LogP contribution is 2.18. The first-order chi connectivity index (χ1) is 6.07. The molecule has 0 aromatic rings. The first-order valence-electron chi connectivity index (χ1n) is 4.10. The van der Waals surface area contributed by atoms with Gasteiger partial charge in [-0.1, -0.05) is 0 Å². The molecule has 0 aromatic carbocycles. The second-order valence-electron chi connectivity index (χ2n) is 3.09. The van der Waals surface area contributed by atoms with Gasteiger partial charge in [0.15, 0.2) is 6.29 Å². The molecule has 5 N–H and O–H groups in total. The van der Waals surface area contributed by atoms with E-state index in [0.29, 0.717) is 6.54 Å². The van der Waals surface area contributed by atoms with Crippen molar-refractivity contribution in [1.82, 2.24) is 5.32 Å². The Bertz CT molecular complexity index is 167. The quantitative estimate of drug-likeness (QED) is 0.320. The van der Waals surface area contributed by atoms with Crippen LogP contribution < -0.4 is 5.32 Å². The minimum Gasteiger partial charge on any atom is -0.388 e. The summed E-state index contributed by atoms with van der Waals surface area (Å²) in [6.45, 7) is 0.294. The molecule has 1 aliphatic rings. The van der Waals surface area contributed by atoms with Crippen LogP contribution in [0.4, 0.5) is 0 Å². The maximum absolute atomic E-state index is 9.37. The molecule has 0 aromatic heterocycles. The van der Waals surface area contributed by atoms with Gasteiger partial charge in [0.25, 0.3) is 0 Å². The van der Waals surface area contributed by atoms with Crippen LogP contribution in [-0.2, 0) is 4.74 Å². The van der Waals surface area contributed by atoms with E-state index in [2.05, 4.69) is 5.32 Å². The number of likely N-dealkylation sites (N-methyl/N-ethyl adjacent to an activating group) is 1. The molecule has 13 heavy (non-hydrogen) atoms. The molecule has 0 aliphatic carbocycles. The van der Waals surface area contributed by atoms with Crippen molar-refractivity contribution in [2.24, 2.45) is 0 Å². The first-order valence-corrected chi connectivity index (χ1v) is 4.10. The molecule has 0 amide bonds. The summed E-state index contributed by atoms with van der Waals surface area (Å²) in [7, 11) is 1.65. The molecule has 0 spiro atoms. The zero-order chi connectivity index (χ0) is 10.0. The molecule has 6 heteroatoms. The Morgan fingerprint density at radius 2 is 1.69 bits per heavy atom. The van der Waals surface area contributed by atoms with Gasteiger partial charge < -0.3 is 30.5 Å². The van der Waals surface area contributed by atoms with E-state index in [1.165, 1.54) is 0 Å². The van der Waals surface area contributed by atoms with Gasteiger partial charge in [0.2, 0.25) is 0 Å². The minimum atomic E-state index is -1.46. The molecule has 1 aliphatic heterocycles. The monoisotopic (exact) mass is 193 g/mol. The lowest BCUT2D eigenvalue weighted by atomic mass is 9.99. The number of rotatable bonds is 2. The fourth-order valence-electron chi connectivity index (χ4n) is 1.30. The summed E-state index contributed by atoms with van der Waals surface area (Å²) in [4.78, 5) is 0. The van der Waals surface area contributed by atoms with Gasteiger partial charge in [0, 0.05) is 6.54 Å². The maximum Gasteiger partial charge on any atom is 0.184 e. The second-order valence-corrected chi connectivity index (χ2v) is 3.09. The summed E-state index contributed by atoms with van der Waals surface area (Å²) in [5.41, 5.74) is 0. The van der Waals surface area contributed by atoms with Crippen LogP contribution >= 0.6 is 0 Å². The number of hydrogen-bond donors (Lipinski definition) is 5. The number of aliphatic hydroxyl groups excluding tert-OH is 4. The zero-order valence-corrected chi connectivity index (χ0v) is 7.29. The molecular weight excluding hydrogens is 178 g/mol. The normalized spacial score (nSPS) is 46.4. The number of aliphatic hydroxyl groups is 4. The molecule has 5 atom stereocenters. The zero-order valence-electron chi connectivity index (χ0n) is 7.29. The van der Waals surface area contributed by atoms with Crippen LogP contribution in [-0.4, -0.2) is 64.7 Å². The van der Waals surface area contributed by atoms with Crippen molar-refractivity contribution >= 4 is 0 Å². The van der Waals surface area contributed by atoms with Gasteiger partial charge in [-0.3, -0.25) is 0 Å². The Labute approximate surface area is 75.8 Å². The van der Waals surface area contributed by atoms with E-state index in [-0.39, 0.29) is 0 Å². The van der Waals surface area contributed by atoms with Crippen LogP contribution in [0.1, 0.15) is 0 Å². The lowest BCUT2D eigenvalue weighted by Gasteiger charge is -2.38. The number of nitrogens with one attached hydrogen (secondary N) is 1. The van der Waals surface area contributed by atoms with Gasteiger partial charge in [0.05, 0.1) is 0 Å². The molecule has 1 fully saturated rings. The fraction of sp³-hybridized carbons (Fsp3) is 1.00. The standard InChI is InChI=1S/C7H15NO5/c1-8-2-3-4(9)5(10)6(11)7(12)13-3/h3-12H,2H2,1H3/t3?,4-,5+,6?,7?/m0/s1. The number of hydrogen-bond acceptors (Lipinski definition) is 6. The third-order valence-electron chi connectivity index (χ3n) is 2.09. The van der Waals surface area contributed by atoms with E-state index in [4.69, 9.17) is 14.9 Å². The van der Waals surface area contributed by atoms with Gasteiger partial charge in [0.1, 0.15) is 24.4 Å². The lowest BCUT2D eigenvalue weighted by molar-refractivity contribution is -0.280. The Kier molecular flexibility index (Phi) is 3.60. The average Bonchev–Trinajstić information content (AvgIpc) is 2.11. The molecule has 78 valence electrons. The van der Waals surface area contributed by atoms with E-state index in [0.717, 1.165) is 0 Å². The molecule has 0 saturated carbocycles. The summed E-state index contributed by atoms with van der Waals surface area (Å²) < 4.78 is 4.85. The Hall–Kier alpha value is -0.240. The topological polar surface area (TPSA) is 102 Å². The highest BCUT2D eigenvalue weighted by atomic mass is 16.6. The highest BCUT2D eigenvalue weighted by Gasteiger charge is 2.42. The maximum atomic E-state index is 9.37. The summed E-state index contributed by atoms with van der Waals surface area (Å²) in [5.74, 6) is 0. The summed E-state index contributed by atoms with van der Waals surface area (Å²) in [6.07, 6.45) is -6.17. The van der Waals surface area contributed by atoms with E-state index in [1.807, 2.05) is 0 Å². The molecule has 6 nitrogen and oxygen atoms in total. The third kappa shape index (κ3) is 2.16. The van der Waals surface area contributed by atoms with Crippen molar-refractivity contribution in [2.75, 3.05) is 13.6 Å².